The van der Waals surface area contributed by atoms with Gasteiger partial charge in [-0.15, -0.1) is 0 Å². The number of anilines is 3. The number of hydrogen-bond acceptors (Lipinski definition) is 3. The highest BCUT2D eigenvalue weighted by Gasteiger charge is 2.10. The number of rotatable bonds is 5. The van der Waals surface area contributed by atoms with Crippen LogP contribution in [0.15, 0.2) is 24.3 Å². The summed E-state index contributed by atoms with van der Waals surface area (Å²) < 4.78 is 26.3. The molecule has 0 atom stereocenters. The SMILES string of the molecule is CCCNc1nc(Nc2cc(F)cc(F)c2)c(Cl)cc1Cl. The molecule has 21 heavy (non-hydrogen) atoms. The van der Waals surface area contributed by atoms with E-state index in [-0.39, 0.29) is 16.5 Å². The Morgan fingerprint density at radius 2 is 1.62 bits per heavy atom. The first-order valence-corrected chi connectivity index (χ1v) is 7.08. The molecule has 1 heterocycles. The fraction of sp³-hybridized carbons (Fsp3) is 0.214. The Morgan fingerprint density at radius 1 is 1.00 bits per heavy atom. The summed E-state index contributed by atoms with van der Waals surface area (Å²) in [7, 11) is 0. The predicted molar refractivity (Wildman–Crippen MR) is 82.7 cm³/mol. The van der Waals surface area contributed by atoms with Crippen molar-refractivity contribution >= 4 is 40.5 Å². The standard InChI is InChI=1S/C14H13Cl2F2N3/c1-2-3-19-13-11(15)7-12(16)14(21-13)20-10-5-8(17)4-9(18)6-10/h4-7H,2-3H2,1H3,(H2,19,20,21). The van der Waals surface area contributed by atoms with Gasteiger partial charge in [0, 0.05) is 18.3 Å². The molecule has 2 aromatic rings. The van der Waals surface area contributed by atoms with E-state index in [0.29, 0.717) is 17.4 Å². The van der Waals surface area contributed by atoms with Crippen molar-refractivity contribution in [2.24, 2.45) is 0 Å². The molecular weight excluding hydrogens is 319 g/mol. The van der Waals surface area contributed by atoms with Gasteiger partial charge in [0.05, 0.1) is 10.0 Å². The molecule has 0 saturated heterocycles. The smallest absolute Gasteiger partial charge is 0.151 e. The van der Waals surface area contributed by atoms with Crippen LogP contribution in [0.5, 0.6) is 0 Å². The largest absolute Gasteiger partial charge is 0.369 e. The zero-order chi connectivity index (χ0) is 15.4. The van der Waals surface area contributed by atoms with Gasteiger partial charge in [0.15, 0.2) is 5.82 Å². The molecule has 112 valence electrons. The van der Waals surface area contributed by atoms with Crippen molar-refractivity contribution in [2.45, 2.75) is 13.3 Å². The molecule has 0 saturated carbocycles. The van der Waals surface area contributed by atoms with E-state index in [0.717, 1.165) is 24.6 Å². The van der Waals surface area contributed by atoms with E-state index in [9.17, 15) is 8.78 Å². The summed E-state index contributed by atoms with van der Waals surface area (Å²) in [6, 6.07) is 4.60. The van der Waals surface area contributed by atoms with Crippen molar-refractivity contribution in [3.8, 4) is 0 Å². The van der Waals surface area contributed by atoms with Gasteiger partial charge in [0.2, 0.25) is 0 Å². The van der Waals surface area contributed by atoms with E-state index in [1.807, 2.05) is 6.92 Å². The quantitative estimate of drug-likeness (QED) is 0.787. The maximum absolute atomic E-state index is 13.2. The molecule has 0 amide bonds. The van der Waals surface area contributed by atoms with Crippen LogP contribution in [0.3, 0.4) is 0 Å². The summed E-state index contributed by atoms with van der Waals surface area (Å²) in [6.45, 7) is 2.70. The molecule has 0 aliphatic rings. The van der Waals surface area contributed by atoms with Crippen molar-refractivity contribution in [3.05, 3.63) is 45.9 Å². The Hall–Kier alpha value is -1.59. The van der Waals surface area contributed by atoms with Crippen molar-refractivity contribution in [1.82, 2.24) is 4.98 Å². The van der Waals surface area contributed by atoms with Gasteiger partial charge in [0.1, 0.15) is 17.5 Å². The fourth-order valence-electron chi connectivity index (χ4n) is 1.68. The van der Waals surface area contributed by atoms with Crippen LogP contribution in [0.1, 0.15) is 13.3 Å². The summed E-state index contributed by atoms with van der Waals surface area (Å²) in [5.41, 5.74) is 0.214. The summed E-state index contributed by atoms with van der Waals surface area (Å²) in [6.07, 6.45) is 0.901. The van der Waals surface area contributed by atoms with Gasteiger partial charge in [-0.05, 0) is 24.6 Å². The Balaban J connectivity index is 2.30. The van der Waals surface area contributed by atoms with Crippen molar-refractivity contribution < 1.29 is 8.78 Å². The van der Waals surface area contributed by atoms with Gasteiger partial charge < -0.3 is 10.6 Å². The highest BCUT2D eigenvalue weighted by atomic mass is 35.5. The number of nitrogens with zero attached hydrogens (tertiary/aromatic N) is 1. The Bertz CT molecular complexity index is 630. The van der Waals surface area contributed by atoms with Crippen molar-refractivity contribution in [3.63, 3.8) is 0 Å². The second-order valence-electron chi connectivity index (χ2n) is 4.36. The Kier molecular flexibility index (Phi) is 5.20. The third-order valence-corrected chi connectivity index (χ3v) is 3.17. The minimum Gasteiger partial charge on any atom is -0.369 e. The van der Waals surface area contributed by atoms with Crippen LogP contribution in [0.4, 0.5) is 26.1 Å². The molecule has 3 nitrogen and oxygen atoms in total. The van der Waals surface area contributed by atoms with Crippen molar-refractivity contribution in [2.75, 3.05) is 17.2 Å². The topological polar surface area (TPSA) is 37.0 Å². The zero-order valence-corrected chi connectivity index (χ0v) is 12.7. The molecule has 0 unspecified atom stereocenters. The molecule has 1 aromatic heterocycles. The molecule has 0 fully saturated rings. The summed E-state index contributed by atoms with van der Waals surface area (Å²) in [5.74, 6) is -0.647. The predicted octanol–water partition coefficient (Wildman–Crippen LogP) is 5.23. The minimum absolute atomic E-state index is 0.214. The summed E-state index contributed by atoms with van der Waals surface area (Å²) in [5, 5.41) is 6.46. The second-order valence-corrected chi connectivity index (χ2v) is 5.17. The van der Waals surface area contributed by atoms with Crippen molar-refractivity contribution in [1.29, 1.82) is 0 Å². The van der Waals surface area contributed by atoms with E-state index >= 15 is 0 Å². The number of hydrogen-bond donors (Lipinski definition) is 2. The van der Waals surface area contributed by atoms with Crippen LogP contribution >= 0.6 is 23.2 Å². The van der Waals surface area contributed by atoms with Crippen LogP contribution in [0.2, 0.25) is 10.0 Å². The van der Waals surface area contributed by atoms with Crippen LogP contribution in [0.25, 0.3) is 0 Å². The van der Waals surface area contributed by atoms with Crippen LogP contribution in [0, 0.1) is 11.6 Å². The van der Waals surface area contributed by atoms with Crippen LogP contribution < -0.4 is 10.6 Å². The fourth-order valence-corrected chi connectivity index (χ4v) is 2.16. The lowest BCUT2D eigenvalue weighted by Crippen LogP contribution is -2.05. The lowest BCUT2D eigenvalue weighted by molar-refractivity contribution is 0.584. The molecular formula is C14H13Cl2F2N3. The maximum Gasteiger partial charge on any atom is 0.151 e. The molecule has 0 aliphatic carbocycles. The van der Waals surface area contributed by atoms with Crippen LogP contribution in [-0.4, -0.2) is 11.5 Å². The molecule has 1 aromatic carbocycles. The molecule has 0 spiro atoms. The van der Waals surface area contributed by atoms with Gasteiger partial charge in [-0.1, -0.05) is 30.1 Å². The van der Waals surface area contributed by atoms with E-state index in [1.54, 1.807) is 0 Å². The van der Waals surface area contributed by atoms with E-state index in [1.165, 1.54) is 6.07 Å². The number of pyridine rings is 1. The highest BCUT2D eigenvalue weighted by molar-refractivity contribution is 6.37. The van der Waals surface area contributed by atoms with Gasteiger partial charge >= 0.3 is 0 Å². The lowest BCUT2D eigenvalue weighted by atomic mass is 10.3. The third-order valence-electron chi connectivity index (χ3n) is 2.60. The van der Waals surface area contributed by atoms with Gasteiger partial charge in [-0.3, -0.25) is 0 Å². The number of halogens is 4. The van der Waals surface area contributed by atoms with E-state index in [2.05, 4.69) is 15.6 Å². The van der Waals surface area contributed by atoms with Crippen LogP contribution in [-0.2, 0) is 0 Å². The molecule has 7 heteroatoms. The maximum atomic E-state index is 13.2. The average molecular weight is 332 g/mol. The summed E-state index contributed by atoms with van der Waals surface area (Å²) in [4.78, 5) is 4.23. The number of nitrogens with one attached hydrogen (secondary N) is 2. The molecule has 2 rings (SSSR count). The van der Waals surface area contributed by atoms with Gasteiger partial charge in [0.25, 0.3) is 0 Å². The second kappa shape index (κ2) is 6.91. The normalized spacial score (nSPS) is 10.5. The first kappa shape index (κ1) is 15.8. The first-order valence-electron chi connectivity index (χ1n) is 6.32. The molecule has 2 N–H and O–H groups in total. The first-order chi connectivity index (χ1) is 9.99. The lowest BCUT2D eigenvalue weighted by Gasteiger charge is -2.12. The minimum atomic E-state index is -0.688. The third kappa shape index (κ3) is 4.19. The van der Waals surface area contributed by atoms with Gasteiger partial charge in [-0.25, -0.2) is 13.8 Å². The molecule has 0 aliphatic heterocycles. The van der Waals surface area contributed by atoms with Gasteiger partial charge in [-0.2, -0.15) is 0 Å². The average Bonchev–Trinajstić information content (AvgIpc) is 2.39. The molecule has 0 bridgehead atoms. The summed E-state index contributed by atoms with van der Waals surface area (Å²) >= 11 is 12.1. The monoisotopic (exact) mass is 331 g/mol. The number of aromatic nitrogens is 1. The zero-order valence-electron chi connectivity index (χ0n) is 11.2. The Morgan fingerprint density at radius 3 is 2.24 bits per heavy atom. The Labute approximate surface area is 131 Å². The van der Waals surface area contributed by atoms with E-state index < -0.39 is 11.6 Å². The highest BCUT2D eigenvalue weighted by Crippen LogP contribution is 2.31. The van der Waals surface area contributed by atoms with E-state index in [4.69, 9.17) is 23.2 Å². The molecule has 0 radical (unpaired) electrons. The number of benzene rings is 1.